The van der Waals surface area contributed by atoms with Crippen molar-refractivity contribution in [3.63, 3.8) is 0 Å². The zero-order valence-corrected chi connectivity index (χ0v) is 13.7. The van der Waals surface area contributed by atoms with Crippen LogP contribution < -0.4 is 16.0 Å². The molecule has 8 nitrogen and oxygen atoms in total. The van der Waals surface area contributed by atoms with Gasteiger partial charge in [0, 0.05) is 43.8 Å². The van der Waals surface area contributed by atoms with Crippen molar-refractivity contribution in [1.82, 2.24) is 25.1 Å². The molecule has 8 heteroatoms. The number of nitrogens with zero attached hydrogens (tertiary/aromatic N) is 4. The van der Waals surface area contributed by atoms with E-state index in [9.17, 15) is 4.79 Å². The standard InChI is InChI=1S/C15H23N7O/c1-4-16-13-10-11(2)20-15(21-13)18-8-7-17-14(23)12(3)22-9-5-6-19-22/h5-6,9-10,12H,4,7-8H2,1-3H3,(H,17,23)(H2,16,18,20,21). The average molecular weight is 317 g/mol. The fourth-order valence-corrected chi connectivity index (χ4v) is 2.06. The van der Waals surface area contributed by atoms with Gasteiger partial charge < -0.3 is 16.0 Å². The van der Waals surface area contributed by atoms with E-state index >= 15 is 0 Å². The van der Waals surface area contributed by atoms with E-state index in [4.69, 9.17) is 0 Å². The number of aryl methyl sites for hydroxylation is 1. The van der Waals surface area contributed by atoms with Crippen LogP contribution in [0.15, 0.2) is 24.5 Å². The maximum absolute atomic E-state index is 12.0. The maximum atomic E-state index is 12.0. The summed E-state index contributed by atoms with van der Waals surface area (Å²) in [4.78, 5) is 20.7. The Bertz CT molecular complexity index is 627. The van der Waals surface area contributed by atoms with Gasteiger partial charge >= 0.3 is 0 Å². The van der Waals surface area contributed by atoms with Gasteiger partial charge in [-0.05, 0) is 26.8 Å². The number of carbonyl (C=O) groups is 1. The molecule has 3 N–H and O–H groups in total. The van der Waals surface area contributed by atoms with Crippen molar-refractivity contribution in [3.8, 4) is 0 Å². The normalized spacial score (nSPS) is 11.8. The summed E-state index contributed by atoms with van der Waals surface area (Å²) in [5, 5.41) is 13.2. The third kappa shape index (κ3) is 4.94. The fourth-order valence-electron chi connectivity index (χ4n) is 2.06. The summed E-state index contributed by atoms with van der Waals surface area (Å²) in [6.07, 6.45) is 3.42. The van der Waals surface area contributed by atoms with Crippen LogP contribution >= 0.6 is 0 Å². The number of hydrogen-bond acceptors (Lipinski definition) is 6. The van der Waals surface area contributed by atoms with E-state index in [0.717, 1.165) is 18.1 Å². The molecule has 0 saturated heterocycles. The van der Waals surface area contributed by atoms with Crippen molar-refractivity contribution in [2.24, 2.45) is 0 Å². The molecule has 0 aliphatic heterocycles. The minimum atomic E-state index is -0.333. The van der Waals surface area contributed by atoms with Gasteiger partial charge in [0.1, 0.15) is 11.9 Å². The molecule has 0 spiro atoms. The first-order valence-electron chi connectivity index (χ1n) is 7.70. The van der Waals surface area contributed by atoms with Gasteiger partial charge in [0.05, 0.1) is 0 Å². The maximum Gasteiger partial charge on any atom is 0.244 e. The summed E-state index contributed by atoms with van der Waals surface area (Å²) >= 11 is 0. The zero-order chi connectivity index (χ0) is 16.7. The van der Waals surface area contributed by atoms with Crippen LogP contribution in [0, 0.1) is 6.92 Å². The van der Waals surface area contributed by atoms with Crippen LogP contribution in [0.5, 0.6) is 0 Å². The Morgan fingerprint density at radius 2 is 2.13 bits per heavy atom. The van der Waals surface area contributed by atoms with Crippen LogP contribution in [-0.2, 0) is 4.79 Å². The van der Waals surface area contributed by atoms with E-state index in [1.807, 2.05) is 26.8 Å². The summed E-state index contributed by atoms with van der Waals surface area (Å²) in [6.45, 7) is 7.58. The first-order chi connectivity index (χ1) is 11.1. The molecule has 2 rings (SSSR count). The van der Waals surface area contributed by atoms with Crippen LogP contribution in [0.2, 0.25) is 0 Å². The van der Waals surface area contributed by atoms with Gasteiger partial charge in [-0.25, -0.2) is 4.98 Å². The molecule has 2 aromatic heterocycles. The first-order valence-corrected chi connectivity index (χ1v) is 7.70. The van der Waals surface area contributed by atoms with Crippen molar-refractivity contribution in [2.45, 2.75) is 26.8 Å². The minimum Gasteiger partial charge on any atom is -0.370 e. The molecule has 23 heavy (non-hydrogen) atoms. The van der Waals surface area contributed by atoms with Gasteiger partial charge in [-0.2, -0.15) is 10.1 Å². The summed E-state index contributed by atoms with van der Waals surface area (Å²) in [6, 6.07) is 3.35. The number of rotatable bonds is 8. The zero-order valence-electron chi connectivity index (χ0n) is 13.7. The molecular weight excluding hydrogens is 294 g/mol. The lowest BCUT2D eigenvalue weighted by molar-refractivity contribution is -0.124. The van der Waals surface area contributed by atoms with Crippen LogP contribution in [-0.4, -0.2) is 45.3 Å². The molecule has 0 fully saturated rings. The highest BCUT2D eigenvalue weighted by molar-refractivity contribution is 5.79. The minimum absolute atomic E-state index is 0.0750. The van der Waals surface area contributed by atoms with Crippen molar-refractivity contribution >= 4 is 17.7 Å². The smallest absolute Gasteiger partial charge is 0.244 e. The molecule has 1 unspecified atom stereocenters. The molecule has 0 radical (unpaired) electrons. The van der Waals surface area contributed by atoms with Crippen LogP contribution in [0.1, 0.15) is 25.6 Å². The molecule has 1 amide bonds. The fraction of sp³-hybridized carbons (Fsp3) is 0.467. The van der Waals surface area contributed by atoms with Crippen molar-refractivity contribution < 1.29 is 4.79 Å². The predicted octanol–water partition coefficient (Wildman–Crippen LogP) is 1.20. The molecule has 2 aromatic rings. The molecule has 1 atom stereocenters. The van der Waals surface area contributed by atoms with E-state index < -0.39 is 0 Å². The number of anilines is 2. The predicted molar refractivity (Wildman–Crippen MR) is 89.4 cm³/mol. The Hall–Kier alpha value is -2.64. The molecule has 2 heterocycles. The molecule has 0 saturated carbocycles. The van der Waals surface area contributed by atoms with Gasteiger partial charge in [0.2, 0.25) is 11.9 Å². The number of aromatic nitrogens is 4. The highest BCUT2D eigenvalue weighted by Crippen LogP contribution is 2.08. The largest absolute Gasteiger partial charge is 0.370 e. The van der Waals surface area contributed by atoms with Gasteiger partial charge in [-0.1, -0.05) is 0 Å². The van der Waals surface area contributed by atoms with Gasteiger partial charge in [-0.15, -0.1) is 0 Å². The molecule has 0 bridgehead atoms. The lowest BCUT2D eigenvalue weighted by Crippen LogP contribution is -2.34. The highest BCUT2D eigenvalue weighted by atomic mass is 16.2. The van der Waals surface area contributed by atoms with Gasteiger partial charge in [-0.3, -0.25) is 9.48 Å². The molecular formula is C15H23N7O. The van der Waals surface area contributed by atoms with E-state index in [1.165, 1.54) is 0 Å². The summed E-state index contributed by atoms with van der Waals surface area (Å²) in [5.41, 5.74) is 0.884. The SMILES string of the molecule is CCNc1cc(C)nc(NCCNC(=O)C(C)n2cccn2)n1. The van der Waals surface area contributed by atoms with Crippen molar-refractivity contribution in [2.75, 3.05) is 30.3 Å². The van der Waals surface area contributed by atoms with Gasteiger partial charge in [0.15, 0.2) is 0 Å². The second-order valence-corrected chi connectivity index (χ2v) is 5.13. The molecule has 0 aliphatic rings. The average Bonchev–Trinajstić information content (AvgIpc) is 3.04. The Balaban J connectivity index is 1.78. The van der Waals surface area contributed by atoms with Crippen molar-refractivity contribution in [1.29, 1.82) is 0 Å². The molecule has 0 aliphatic carbocycles. The summed E-state index contributed by atoms with van der Waals surface area (Å²) in [5.74, 6) is 1.27. The quantitative estimate of drug-likeness (QED) is 0.633. The number of nitrogens with one attached hydrogen (secondary N) is 3. The lowest BCUT2D eigenvalue weighted by Gasteiger charge is -2.13. The third-order valence-corrected chi connectivity index (χ3v) is 3.22. The van der Waals surface area contributed by atoms with Gasteiger partial charge in [0.25, 0.3) is 0 Å². The molecule has 0 aromatic carbocycles. The van der Waals surface area contributed by atoms with E-state index in [-0.39, 0.29) is 11.9 Å². The third-order valence-electron chi connectivity index (χ3n) is 3.22. The topological polar surface area (TPSA) is 96.8 Å². The Morgan fingerprint density at radius 3 is 2.83 bits per heavy atom. The summed E-state index contributed by atoms with van der Waals surface area (Å²) < 4.78 is 1.62. The second kappa shape index (κ2) is 8.11. The second-order valence-electron chi connectivity index (χ2n) is 5.13. The first kappa shape index (κ1) is 16.7. The molecule has 124 valence electrons. The Morgan fingerprint density at radius 1 is 1.30 bits per heavy atom. The highest BCUT2D eigenvalue weighted by Gasteiger charge is 2.13. The van der Waals surface area contributed by atoms with Crippen LogP contribution in [0.4, 0.5) is 11.8 Å². The van der Waals surface area contributed by atoms with Crippen molar-refractivity contribution in [3.05, 3.63) is 30.2 Å². The number of amides is 1. The lowest BCUT2D eigenvalue weighted by atomic mass is 10.3. The van der Waals surface area contributed by atoms with E-state index in [1.54, 1.807) is 23.1 Å². The Kier molecular flexibility index (Phi) is 5.90. The number of carbonyl (C=O) groups excluding carboxylic acids is 1. The Labute approximate surface area is 135 Å². The van der Waals surface area contributed by atoms with E-state index in [2.05, 4.69) is 31.0 Å². The van der Waals surface area contributed by atoms with Crippen LogP contribution in [0.3, 0.4) is 0 Å². The van der Waals surface area contributed by atoms with E-state index in [0.29, 0.717) is 19.0 Å². The summed E-state index contributed by atoms with van der Waals surface area (Å²) in [7, 11) is 0. The van der Waals surface area contributed by atoms with Crippen LogP contribution in [0.25, 0.3) is 0 Å². The number of hydrogen-bond donors (Lipinski definition) is 3. The monoisotopic (exact) mass is 317 g/mol.